The standard InChI is InChI=1S/C16H21BrO2/c17-15-8-6-14(7-9-15)16(18)5-2-11-19-12-10-13-3-1-4-13/h6-9,13H,1-5,10-12H2. The van der Waals surface area contributed by atoms with Crippen LogP contribution in [0.5, 0.6) is 0 Å². The Hall–Kier alpha value is -0.670. The van der Waals surface area contributed by atoms with Crippen molar-refractivity contribution in [2.45, 2.75) is 38.5 Å². The Labute approximate surface area is 123 Å². The fourth-order valence-electron chi connectivity index (χ4n) is 2.25. The van der Waals surface area contributed by atoms with Gasteiger partial charge in [-0.2, -0.15) is 0 Å². The molecule has 0 heterocycles. The molecule has 1 aromatic carbocycles. The normalized spacial score (nSPS) is 15.2. The summed E-state index contributed by atoms with van der Waals surface area (Å²) in [4.78, 5) is 11.9. The monoisotopic (exact) mass is 324 g/mol. The molecule has 0 saturated heterocycles. The molecule has 0 radical (unpaired) electrons. The third kappa shape index (κ3) is 5.07. The van der Waals surface area contributed by atoms with Crippen LogP contribution in [0.1, 0.15) is 48.9 Å². The number of carbonyl (C=O) groups excluding carboxylic acids is 1. The minimum absolute atomic E-state index is 0.204. The predicted octanol–water partition coefficient (Wildman–Crippen LogP) is 4.62. The summed E-state index contributed by atoms with van der Waals surface area (Å²) in [5.41, 5.74) is 0.790. The van der Waals surface area contributed by atoms with Crippen molar-refractivity contribution < 1.29 is 9.53 Å². The van der Waals surface area contributed by atoms with Gasteiger partial charge in [0.2, 0.25) is 0 Å². The third-order valence-electron chi connectivity index (χ3n) is 3.75. The molecule has 0 unspecified atom stereocenters. The van der Waals surface area contributed by atoms with E-state index in [2.05, 4.69) is 15.9 Å². The first-order chi connectivity index (χ1) is 9.25. The summed E-state index contributed by atoms with van der Waals surface area (Å²) in [5.74, 6) is 1.11. The summed E-state index contributed by atoms with van der Waals surface area (Å²) in [6, 6.07) is 7.54. The highest BCUT2D eigenvalue weighted by atomic mass is 79.9. The number of hydrogen-bond acceptors (Lipinski definition) is 2. The van der Waals surface area contributed by atoms with Crippen LogP contribution in [0.3, 0.4) is 0 Å². The molecule has 1 saturated carbocycles. The maximum atomic E-state index is 11.9. The van der Waals surface area contributed by atoms with E-state index in [-0.39, 0.29) is 5.78 Å². The zero-order valence-electron chi connectivity index (χ0n) is 11.2. The highest BCUT2D eigenvalue weighted by Crippen LogP contribution is 2.29. The molecule has 0 aliphatic heterocycles. The molecule has 19 heavy (non-hydrogen) atoms. The van der Waals surface area contributed by atoms with Crippen molar-refractivity contribution in [1.29, 1.82) is 0 Å². The van der Waals surface area contributed by atoms with Gasteiger partial charge in [-0.15, -0.1) is 0 Å². The SMILES string of the molecule is O=C(CCCOCCC1CCC1)c1ccc(Br)cc1. The summed E-state index contributed by atoms with van der Waals surface area (Å²) in [6.07, 6.45) is 6.74. The van der Waals surface area contributed by atoms with Crippen LogP contribution < -0.4 is 0 Å². The summed E-state index contributed by atoms with van der Waals surface area (Å²) in [7, 11) is 0. The molecule has 1 fully saturated rings. The molecule has 0 bridgehead atoms. The van der Waals surface area contributed by atoms with E-state index in [0.717, 1.165) is 29.0 Å². The number of halogens is 1. The number of benzene rings is 1. The summed E-state index contributed by atoms with van der Waals surface area (Å²) < 4.78 is 6.59. The Morgan fingerprint density at radius 1 is 1.21 bits per heavy atom. The summed E-state index contributed by atoms with van der Waals surface area (Å²) in [6.45, 7) is 1.56. The predicted molar refractivity (Wildman–Crippen MR) is 80.5 cm³/mol. The van der Waals surface area contributed by atoms with Crippen molar-refractivity contribution in [2.75, 3.05) is 13.2 Å². The molecular weight excluding hydrogens is 304 g/mol. The smallest absolute Gasteiger partial charge is 0.162 e. The second-order valence-corrected chi connectivity index (χ2v) is 6.15. The van der Waals surface area contributed by atoms with Gasteiger partial charge < -0.3 is 4.74 Å². The van der Waals surface area contributed by atoms with Gasteiger partial charge in [-0.25, -0.2) is 0 Å². The Balaban J connectivity index is 1.54. The van der Waals surface area contributed by atoms with E-state index in [4.69, 9.17) is 4.74 Å². The summed E-state index contributed by atoms with van der Waals surface area (Å²) in [5, 5.41) is 0. The van der Waals surface area contributed by atoms with Crippen LogP contribution in [-0.2, 0) is 4.74 Å². The topological polar surface area (TPSA) is 26.3 Å². The van der Waals surface area contributed by atoms with E-state index in [1.165, 1.54) is 25.7 Å². The molecule has 2 rings (SSSR count). The van der Waals surface area contributed by atoms with Gasteiger partial charge in [-0.3, -0.25) is 4.79 Å². The molecule has 1 aromatic rings. The first-order valence-electron chi connectivity index (χ1n) is 7.12. The molecule has 0 aromatic heterocycles. The van der Waals surface area contributed by atoms with Crippen LogP contribution in [0.4, 0.5) is 0 Å². The molecule has 3 heteroatoms. The second-order valence-electron chi connectivity index (χ2n) is 5.23. The van der Waals surface area contributed by atoms with Gasteiger partial charge in [0.25, 0.3) is 0 Å². The van der Waals surface area contributed by atoms with Crippen LogP contribution in [0.15, 0.2) is 28.7 Å². The number of rotatable bonds is 8. The molecule has 0 N–H and O–H groups in total. The van der Waals surface area contributed by atoms with Crippen molar-refractivity contribution in [2.24, 2.45) is 5.92 Å². The van der Waals surface area contributed by atoms with Crippen LogP contribution in [0.25, 0.3) is 0 Å². The fourth-order valence-corrected chi connectivity index (χ4v) is 2.51. The van der Waals surface area contributed by atoms with E-state index in [1.54, 1.807) is 0 Å². The number of carbonyl (C=O) groups is 1. The van der Waals surface area contributed by atoms with Gasteiger partial charge in [0, 0.05) is 29.7 Å². The molecule has 0 atom stereocenters. The van der Waals surface area contributed by atoms with E-state index in [0.29, 0.717) is 13.0 Å². The van der Waals surface area contributed by atoms with Crippen LogP contribution in [-0.4, -0.2) is 19.0 Å². The van der Waals surface area contributed by atoms with E-state index in [9.17, 15) is 4.79 Å². The van der Waals surface area contributed by atoms with Gasteiger partial charge >= 0.3 is 0 Å². The lowest BCUT2D eigenvalue weighted by atomic mass is 9.83. The van der Waals surface area contributed by atoms with Gasteiger partial charge in [-0.05, 0) is 30.9 Å². The average molecular weight is 325 g/mol. The molecule has 104 valence electrons. The summed E-state index contributed by atoms with van der Waals surface area (Å²) >= 11 is 3.37. The van der Waals surface area contributed by atoms with Crippen molar-refractivity contribution in [3.8, 4) is 0 Å². The van der Waals surface area contributed by atoms with Crippen LogP contribution >= 0.6 is 15.9 Å². The minimum Gasteiger partial charge on any atom is -0.381 e. The van der Waals surface area contributed by atoms with Gasteiger partial charge in [0.05, 0.1) is 0 Å². The van der Waals surface area contributed by atoms with E-state index in [1.807, 2.05) is 24.3 Å². The fraction of sp³-hybridized carbons (Fsp3) is 0.562. The maximum Gasteiger partial charge on any atom is 0.162 e. The number of ketones is 1. The molecule has 0 amide bonds. The number of hydrogen-bond donors (Lipinski definition) is 0. The zero-order chi connectivity index (χ0) is 13.5. The first kappa shape index (κ1) is 14.7. The number of Topliss-reactive ketones (excluding diaryl/α,β-unsaturated/α-hetero) is 1. The molecule has 1 aliphatic carbocycles. The van der Waals surface area contributed by atoms with Crippen LogP contribution in [0.2, 0.25) is 0 Å². The largest absolute Gasteiger partial charge is 0.381 e. The number of ether oxygens (including phenoxy) is 1. The zero-order valence-corrected chi connectivity index (χ0v) is 12.8. The Kier molecular flexibility index (Phi) is 6.05. The average Bonchev–Trinajstić information content (AvgIpc) is 2.36. The first-order valence-corrected chi connectivity index (χ1v) is 7.91. The van der Waals surface area contributed by atoms with Crippen molar-refractivity contribution >= 4 is 21.7 Å². The van der Waals surface area contributed by atoms with E-state index < -0.39 is 0 Å². The molecule has 1 aliphatic rings. The highest BCUT2D eigenvalue weighted by molar-refractivity contribution is 9.10. The Morgan fingerprint density at radius 3 is 2.58 bits per heavy atom. The van der Waals surface area contributed by atoms with E-state index >= 15 is 0 Å². The third-order valence-corrected chi connectivity index (χ3v) is 4.28. The lowest BCUT2D eigenvalue weighted by molar-refractivity contribution is 0.0893. The lowest BCUT2D eigenvalue weighted by Crippen LogP contribution is -2.13. The van der Waals surface area contributed by atoms with Gasteiger partial charge in [-0.1, -0.05) is 47.3 Å². The Morgan fingerprint density at radius 2 is 1.95 bits per heavy atom. The van der Waals surface area contributed by atoms with Gasteiger partial charge in [0.1, 0.15) is 0 Å². The second kappa shape index (κ2) is 7.81. The van der Waals surface area contributed by atoms with Crippen molar-refractivity contribution in [3.05, 3.63) is 34.3 Å². The quantitative estimate of drug-likeness (QED) is 0.515. The van der Waals surface area contributed by atoms with Crippen LogP contribution in [0, 0.1) is 5.92 Å². The van der Waals surface area contributed by atoms with Crippen molar-refractivity contribution in [3.63, 3.8) is 0 Å². The Bertz CT molecular complexity index is 396. The minimum atomic E-state index is 0.204. The van der Waals surface area contributed by atoms with Gasteiger partial charge in [0.15, 0.2) is 5.78 Å². The molecular formula is C16H21BrO2. The molecule has 0 spiro atoms. The molecule has 2 nitrogen and oxygen atoms in total. The lowest BCUT2D eigenvalue weighted by Gasteiger charge is -2.24. The maximum absolute atomic E-state index is 11.9. The van der Waals surface area contributed by atoms with Crippen molar-refractivity contribution in [1.82, 2.24) is 0 Å². The highest BCUT2D eigenvalue weighted by Gasteiger charge is 2.16.